The van der Waals surface area contributed by atoms with Gasteiger partial charge in [-0.15, -0.1) is 0 Å². The van der Waals surface area contributed by atoms with Crippen LogP contribution in [0.15, 0.2) is 29.2 Å². The quantitative estimate of drug-likeness (QED) is 0.867. The highest BCUT2D eigenvalue weighted by atomic mass is 32.2. The van der Waals surface area contributed by atoms with Crippen LogP contribution in [0.2, 0.25) is 0 Å². The minimum absolute atomic E-state index is 0.0542. The zero-order valence-corrected chi connectivity index (χ0v) is 14.7. The van der Waals surface area contributed by atoms with E-state index in [-0.39, 0.29) is 10.8 Å². The molecular formula is C16H25N3O3S. The molecule has 128 valence electrons. The standard InChI is InChI=1S/C16H25N3O3S/c1-16(2,3)18-23(21,22)14-7-5-13(6-8-14)15(20)19-11-4-9-17-10-12-19/h5-8,17-18H,4,9-12H2,1-3H3. The van der Waals surface area contributed by atoms with Crippen LogP contribution in [0.3, 0.4) is 0 Å². The van der Waals surface area contributed by atoms with Crippen LogP contribution in [0, 0.1) is 0 Å². The van der Waals surface area contributed by atoms with E-state index in [0.717, 1.165) is 26.1 Å². The van der Waals surface area contributed by atoms with E-state index < -0.39 is 15.6 Å². The van der Waals surface area contributed by atoms with Gasteiger partial charge in [-0.25, -0.2) is 13.1 Å². The number of benzene rings is 1. The lowest BCUT2D eigenvalue weighted by atomic mass is 10.1. The van der Waals surface area contributed by atoms with Crippen molar-refractivity contribution in [3.63, 3.8) is 0 Å². The summed E-state index contributed by atoms with van der Waals surface area (Å²) in [5.74, 6) is -0.0542. The van der Waals surface area contributed by atoms with Gasteiger partial charge in [-0.3, -0.25) is 4.79 Å². The summed E-state index contributed by atoms with van der Waals surface area (Å²) in [6.45, 7) is 8.45. The maximum absolute atomic E-state index is 12.5. The SMILES string of the molecule is CC(C)(C)NS(=O)(=O)c1ccc(C(=O)N2CCCNCC2)cc1. The molecule has 1 heterocycles. The molecule has 6 nitrogen and oxygen atoms in total. The topological polar surface area (TPSA) is 78.5 Å². The third kappa shape index (κ3) is 5.02. The van der Waals surface area contributed by atoms with Gasteiger partial charge in [0.2, 0.25) is 10.0 Å². The molecule has 0 aliphatic carbocycles. The van der Waals surface area contributed by atoms with Crippen molar-refractivity contribution < 1.29 is 13.2 Å². The van der Waals surface area contributed by atoms with E-state index in [2.05, 4.69) is 10.0 Å². The van der Waals surface area contributed by atoms with Gasteiger partial charge >= 0.3 is 0 Å². The molecule has 1 amide bonds. The number of nitrogens with one attached hydrogen (secondary N) is 2. The molecule has 1 aromatic rings. The average Bonchev–Trinajstić information content (AvgIpc) is 2.73. The highest BCUT2D eigenvalue weighted by molar-refractivity contribution is 7.89. The van der Waals surface area contributed by atoms with Crippen molar-refractivity contribution >= 4 is 15.9 Å². The molecule has 23 heavy (non-hydrogen) atoms. The first-order chi connectivity index (χ1) is 10.7. The Hall–Kier alpha value is -1.44. The highest BCUT2D eigenvalue weighted by Crippen LogP contribution is 2.15. The largest absolute Gasteiger partial charge is 0.337 e. The molecule has 0 unspecified atom stereocenters. The molecule has 7 heteroatoms. The van der Waals surface area contributed by atoms with Gasteiger partial charge in [-0.05, 0) is 58.0 Å². The Morgan fingerprint density at radius 2 is 1.78 bits per heavy atom. The Morgan fingerprint density at radius 3 is 2.39 bits per heavy atom. The van der Waals surface area contributed by atoms with E-state index in [0.29, 0.717) is 12.1 Å². The summed E-state index contributed by atoms with van der Waals surface area (Å²) >= 11 is 0. The summed E-state index contributed by atoms with van der Waals surface area (Å²) in [7, 11) is -3.58. The molecule has 0 aromatic heterocycles. The first-order valence-electron chi connectivity index (χ1n) is 7.83. The van der Waals surface area contributed by atoms with Gasteiger partial charge in [0.25, 0.3) is 5.91 Å². The van der Waals surface area contributed by atoms with Crippen molar-refractivity contribution in [1.29, 1.82) is 0 Å². The summed E-state index contributed by atoms with van der Waals surface area (Å²) in [6, 6.07) is 6.13. The van der Waals surface area contributed by atoms with Gasteiger partial charge < -0.3 is 10.2 Å². The number of nitrogens with zero attached hydrogens (tertiary/aromatic N) is 1. The number of sulfonamides is 1. The van der Waals surface area contributed by atoms with Gasteiger partial charge in [0, 0.05) is 30.7 Å². The number of carbonyl (C=O) groups excluding carboxylic acids is 1. The van der Waals surface area contributed by atoms with Crippen LogP contribution in [-0.4, -0.2) is 50.9 Å². The lowest BCUT2D eigenvalue weighted by Crippen LogP contribution is -2.40. The molecule has 2 rings (SSSR count). The summed E-state index contributed by atoms with van der Waals surface area (Å²) in [4.78, 5) is 14.4. The van der Waals surface area contributed by atoms with E-state index in [9.17, 15) is 13.2 Å². The van der Waals surface area contributed by atoms with Crippen molar-refractivity contribution in [2.45, 2.75) is 37.6 Å². The second kappa shape index (κ2) is 6.98. The third-order valence-electron chi connectivity index (χ3n) is 3.48. The Labute approximate surface area is 138 Å². The van der Waals surface area contributed by atoms with Crippen molar-refractivity contribution in [3.05, 3.63) is 29.8 Å². The first-order valence-corrected chi connectivity index (χ1v) is 9.31. The zero-order chi connectivity index (χ0) is 17.1. The summed E-state index contributed by atoms with van der Waals surface area (Å²) < 4.78 is 27.1. The first kappa shape index (κ1) is 17.9. The Bertz CT molecular complexity index is 640. The number of hydrogen-bond acceptors (Lipinski definition) is 4. The number of hydrogen-bond donors (Lipinski definition) is 2. The van der Waals surface area contributed by atoms with Gasteiger partial charge in [0.1, 0.15) is 0 Å². The molecule has 0 saturated carbocycles. The van der Waals surface area contributed by atoms with Crippen LogP contribution in [0.25, 0.3) is 0 Å². The van der Waals surface area contributed by atoms with Crippen molar-refractivity contribution in [2.24, 2.45) is 0 Å². The molecule has 0 spiro atoms. The summed E-state index contributed by atoms with van der Waals surface area (Å²) in [5, 5.41) is 3.25. The van der Waals surface area contributed by atoms with Gasteiger partial charge in [-0.2, -0.15) is 0 Å². The zero-order valence-electron chi connectivity index (χ0n) is 13.9. The maximum Gasteiger partial charge on any atom is 0.253 e. The van der Waals surface area contributed by atoms with Gasteiger partial charge in [0.15, 0.2) is 0 Å². The minimum Gasteiger partial charge on any atom is -0.337 e. The Balaban J connectivity index is 2.14. The van der Waals surface area contributed by atoms with Crippen molar-refractivity contribution in [1.82, 2.24) is 14.9 Å². The van der Waals surface area contributed by atoms with Crippen LogP contribution in [0.4, 0.5) is 0 Å². The van der Waals surface area contributed by atoms with E-state index >= 15 is 0 Å². The highest BCUT2D eigenvalue weighted by Gasteiger charge is 2.23. The monoisotopic (exact) mass is 339 g/mol. The second-order valence-corrected chi connectivity index (χ2v) is 8.46. The van der Waals surface area contributed by atoms with Gasteiger partial charge in [-0.1, -0.05) is 0 Å². The molecule has 1 aliphatic heterocycles. The van der Waals surface area contributed by atoms with Crippen LogP contribution < -0.4 is 10.0 Å². The molecule has 0 radical (unpaired) electrons. The summed E-state index contributed by atoms with van der Waals surface area (Å²) in [6.07, 6.45) is 0.924. The molecular weight excluding hydrogens is 314 g/mol. The molecule has 0 atom stereocenters. The number of carbonyl (C=O) groups is 1. The van der Waals surface area contributed by atoms with E-state index in [1.165, 1.54) is 12.1 Å². The Morgan fingerprint density at radius 1 is 1.13 bits per heavy atom. The summed E-state index contributed by atoms with van der Waals surface area (Å²) in [5.41, 5.74) is -0.0339. The number of rotatable bonds is 3. The van der Waals surface area contributed by atoms with Crippen LogP contribution in [0.1, 0.15) is 37.6 Å². The third-order valence-corrected chi connectivity index (χ3v) is 5.25. The van der Waals surface area contributed by atoms with E-state index in [1.807, 2.05) is 0 Å². The van der Waals surface area contributed by atoms with Crippen molar-refractivity contribution in [3.8, 4) is 0 Å². The van der Waals surface area contributed by atoms with Crippen LogP contribution in [-0.2, 0) is 10.0 Å². The predicted molar refractivity (Wildman–Crippen MR) is 89.9 cm³/mol. The van der Waals surface area contributed by atoms with Crippen LogP contribution >= 0.6 is 0 Å². The maximum atomic E-state index is 12.5. The fourth-order valence-corrected chi connectivity index (χ4v) is 3.89. The molecule has 0 bridgehead atoms. The lowest BCUT2D eigenvalue weighted by molar-refractivity contribution is 0.0766. The van der Waals surface area contributed by atoms with Crippen molar-refractivity contribution in [2.75, 3.05) is 26.2 Å². The van der Waals surface area contributed by atoms with Gasteiger partial charge in [0.05, 0.1) is 4.90 Å². The number of amides is 1. The normalized spacial score (nSPS) is 16.9. The fraction of sp³-hybridized carbons (Fsp3) is 0.562. The molecule has 1 aliphatic rings. The molecule has 1 aromatic carbocycles. The molecule has 1 fully saturated rings. The van der Waals surface area contributed by atoms with Crippen LogP contribution in [0.5, 0.6) is 0 Å². The second-order valence-electron chi connectivity index (χ2n) is 6.78. The smallest absolute Gasteiger partial charge is 0.253 e. The molecule has 1 saturated heterocycles. The Kier molecular flexibility index (Phi) is 5.44. The van der Waals surface area contributed by atoms with E-state index in [4.69, 9.17) is 0 Å². The molecule has 2 N–H and O–H groups in total. The minimum atomic E-state index is -3.58. The predicted octanol–water partition coefficient (Wildman–Crippen LogP) is 1.20. The average molecular weight is 339 g/mol. The van der Waals surface area contributed by atoms with E-state index in [1.54, 1.807) is 37.8 Å². The fourth-order valence-electron chi connectivity index (χ4n) is 2.47. The lowest BCUT2D eigenvalue weighted by Gasteiger charge is -2.21.